The van der Waals surface area contributed by atoms with Crippen molar-refractivity contribution in [2.45, 2.75) is 26.4 Å². The lowest BCUT2D eigenvalue weighted by atomic mass is 10.1. The molecule has 6 nitrogen and oxygen atoms in total. The topological polar surface area (TPSA) is 63.9 Å². The fraction of sp³-hybridized carbons (Fsp3) is 0.238. The first-order valence-electron chi connectivity index (χ1n) is 9.03. The Morgan fingerprint density at radius 3 is 2.75 bits per heavy atom. The molecular weight excluding hydrogens is 374 g/mol. The number of benzene rings is 2. The Hall–Kier alpha value is -2.99. The molecule has 144 valence electrons. The van der Waals surface area contributed by atoms with Gasteiger partial charge in [0.1, 0.15) is 0 Å². The summed E-state index contributed by atoms with van der Waals surface area (Å²) in [5, 5.41) is 12.5. The molecule has 0 fully saturated rings. The summed E-state index contributed by atoms with van der Waals surface area (Å²) in [6, 6.07) is 15.0. The van der Waals surface area contributed by atoms with Crippen molar-refractivity contribution >= 4 is 17.5 Å². The number of carbonyl (C=O) groups excluding carboxylic acids is 1. The fourth-order valence-corrected chi connectivity index (χ4v) is 3.11. The van der Waals surface area contributed by atoms with Gasteiger partial charge in [0.25, 0.3) is 5.91 Å². The van der Waals surface area contributed by atoms with Crippen LogP contribution < -0.4 is 0 Å². The van der Waals surface area contributed by atoms with Crippen molar-refractivity contribution < 1.29 is 4.79 Å². The second-order valence-corrected chi connectivity index (χ2v) is 7.09. The first-order valence-corrected chi connectivity index (χ1v) is 9.41. The van der Waals surface area contributed by atoms with Crippen LogP contribution in [0.3, 0.4) is 0 Å². The molecule has 3 rings (SSSR count). The molecule has 0 N–H and O–H groups in total. The van der Waals surface area contributed by atoms with E-state index in [9.17, 15) is 4.79 Å². The van der Waals surface area contributed by atoms with Gasteiger partial charge in [0, 0.05) is 29.2 Å². The Morgan fingerprint density at radius 1 is 1.25 bits per heavy atom. The SMILES string of the molecule is C=CCN(Cc1ccccc1Cl)C(=O)c1cccc(-c2nnnn2C(C)C)c1. The quantitative estimate of drug-likeness (QED) is 0.556. The van der Waals surface area contributed by atoms with E-state index in [-0.39, 0.29) is 11.9 Å². The molecule has 0 unspecified atom stereocenters. The summed E-state index contributed by atoms with van der Waals surface area (Å²) in [7, 11) is 0. The molecule has 28 heavy (non-hydrogen) atoms. The van der Waals surface area contributed by atoms with Gasteiger partial charge in [-0.05, 0) is 48.0 Å². The predicted molar refractivity (Wildman–Crippen MR) is 110 cm³/mol. The normalized spacial score (nSPS) is 10.9. The van der Waals surface area contributed by atoms with Crippen LogP contribution >= 0.6 is 11.6 Å². The van der Waals surface area contributed by atoms with Crippen LogP contribution in [0.2, 0.25) is 5.02 Å². The monoisotopic (exact) mass is 395 g/mol. The van der Waals surface area contributed by atoms with Crippen molar-refractivity contribution in [2.75, 3.05) is 6.54 Å². The highest BCUT2D eigenvalue weighted by molar-refractivity contribution is 6.31. The minimum absolute atomic E-state index is 0.106. The first kappa shape index (κ1) is 19.8. The second kappa shape index (κ2) is 8.80. The smallest absolute Gasteiger partial charge is 0.254 e. The van der Waals surface area contributed by atoms with Crippen molar-refractivity contribution in [1.82, 2.24) is 25.1 Å². The van der Waals surface area contributed by atoms with Crippen LogP contribution in [-0.2, 0) is 6.54 Å². The molecule has 0 radical (unpaired) electrons. The number of halogens is 1. The van der Waals surface area contributed by atoms with E-state index in [0.717, 1.165) is 11.1 Å². The fourth-order valence-electron chi connectivity index (χ4n) is 2.91. The van der Waals surface area contributed by atoms with Gasteiger partial charge in [-0.25, -0.2) is 4.68 Å². The average Bonchev–Trinajstić information content (AvgIpc) is 3.19. The molecule has 0 bridgehead atoms. The number of carbonyl (C=O) groups is 1. The van der Waals surface area contributed by atoms with Crippen LogP contribution in [0.1, 0.15) is 35.8 Å². The van der Waals surface area contributed by atoms with Crippen molar-refractivity contribution in [2.24, 2.45) is 0 Å². The number of amides is 1. The Balaban J connectivity index is 1.90. The van der Waals surface area contributed by atoms with Crippen LogP contribution in [0, 0.1) is 0 Å². The van der Waals surface area contributed by atoms with Crippen molar-refractivity contribution in [3.8, 4) is 11.4 Å². The molecule has 0 saturated carbocycles. The number of tetrazole rings is 1. The zero-order valence-corrected chi connectivity index (χ0v) is 16.7. The lowest BCUT2D eigenvalue weighted by Gasteiger charge is -2.22. The van der Waals surface area contributed by atoms with Gasteiger partial charge in [-0.1, -0.05) is 48.0 Å². The standard InChI is InChI=1S/C21H22ClN5O/c1-4-12-26(14-18-8-5-6-11-19(18)22)21(28)17-10-7-9-16(13-17)20-23-24-25-27(20)15(2)3/h4-11,13,15H,1,12,14H2,2-3H3. The Morgan fingerprint density at radius 2 is 2.04 bits per heavy atom. The summed E-state index contributed by atoms with van der Waals surface area (Å²) in [4.78, 5) is 14.9. The summed E-state index contributed by atoms with van der Waals surface area (Å²) >= 11 is 6.27. The van der Waals surface area contributed by atoms with Gasteiger partial charge in [-0.3, -0.25) is 4.79 Å². The molecule has 0 aliphatic carbocycles. The minimum atomic E-state index is -0.106. The van der Waals surface area contributed by atoms with Gasteiger partial charge in [0.15, 0.2) is 5.82 Å². The van der Waals surface area contributed by atoms with E-state index in [4.69, 9.17) is 11.6 Å². The molecule has 7 heteroatoms. The number of aromatic nitrogens is 4. The van der Waals surface area contributed by atoms with Gasteiger partial charge in [-0.15, -0.1) is 11.7 Å². The van der Waals surface area contributed by atoms with Crippen molar-refractivity contribution in [1.29, 1.82) is 0 Å². The van der Waals surface area contributed by atoms with E-state index >= 15 is 0 Å². The number of nitrogens with zero attached hydrogens (tertiary/aromatic N) is 5. The van der Waals surface area contributed by atoms with E-state index in [1.54, 1.807) is 21.7 Å². The molecule has 1 aromatic heterocycles. The maximum absolute atomic E-state index is 13.2. The minimum Gasteiger partial charge on any atom is -0.331 e. The van der Waals surface area contributed by atoms with Crippen LogP contribution in [0.25, 0.3) is 11.4 Å². The van der Waals surface area contributed by atoms with Crippen LogP contribution in [0.4, 0.5) is 0 Å². The van der Waals surface area contributed by atoms with E-state index in [2.05, 4.69) is 22.1 Å². The number of hydrogen-bond acceptors (Lipinski definition) is 4. The lowest BCUT2D eigenvalue weighted by Crippen LogP contribution is -2.30. The third-order valence-corrected chi connectivity index (χ3v) is 4.67. The van der Waals surface area contributed by atoms with E-state index in [0.29, 0.717) is 29.5 Å². The summed E-state index contributed by atoms with van der Waals surface area (Å²) in [5.41, 5.74) is 2.24. The zero-order valence-electron chi connectivity index (χ0n) is 15.9. The van der Waals surface area contributed by atoms with Gasteiger partial charge in [0.2, 0.25) is 0 Å². The van der Waals surface area contributed by atoms with E-state index in [1.807, 2.05) is 56.3 Å². The molecule has 1 heterocycles. The van der Waals surface area contributed by atoms with Gasteiger partial charge < -0.3 is 4.90 Å². The van der Waals surface area contributed by atoms with E-state index in [1.165, 1.54) is 0 Å². The summed E-state index contributed by atoms with van der Waals surface area (Å²) in [5.74, 6) is 0.524. The predicted octanol–water partition coefficient (Wildman–Crippen LogP) is 4.40. The average molecular weight is 396 g/mol. The highest BCUT2D eigenvalue weighted by Gasteiger charge is 2.18. The second-order valence-electron chi connectivity index (χ2n) is 6.69. The first-order chi connectivity index (χ1) is 13.5. The molecular formula is C21H22ClN5O. The molecule has 0 saturated heterocycles. The summed E-state index contributed by atoms with van der Waals surface area (Å²) in [6.07, 6.45) is 1.71. The molecule has 1 amide bonds. The molecule has 3 aromatic rings. The zero-order chi connectivity index (χ0) is 20.1. The number of hydrogen-bond donors (Lipinski definition) is 0. The van der Waals surface area contributed by atoms with Crippen LogP contribution in [0.15, 0.2) is 61.2 Å². The van der Waals surface area contributed by atoms with Crippen LogP contribution in [-0.4, -0.2) is 37.6 Å². The number of rotatable bonds is 7. The highest BCUT2D eigenvalue weighted by atomic mass is 35.5. The third kappa shape index (κ3) is 4.28. The summed E-state index contributed by atoms with van der Waals surface area (Å²) in [6.45, 7) is 8.60. The molecule has 2 aromatic carbocycles. The lowest BCUT2D eigenvalue weighted by molar-refractivity contribution is 0.0763. The Labute approximate surface area is 169 Å². The Bertz CT molecular complexity index is 982. The molecule has 0 spiro atoms. The Kier molecular flexibility index (Phi) is 6.21. The largest absolute Gasteiger partial charge is 0.331 e. The van der Waals surface area contributed by atoms with Crippen molar-refractivity contribution in [3.05, 3.63) is 77.3 Å². The van der Waals surface area contributed by atoms with Gasteiger partial charge >= 0.3 is 0 Å². The summed E-state index contributed by atoms with van der Waals surface area (Å²) < 4.78 is 1.73. The van der Waals surface area contributed by atoms with Crippen LogP contribution in [0.5, 0.6) is 0 Å². The molecule has 0 aliphatic heterocycles. The van der Waals surface area contributed by atoms with Gasteiger partial charge in [0.05, 0.1) is 6.04 Å². The van der Waals surface area contributed by atoms with Gasteiger partial charge in [-0.2, -0.15) is 0 Å². The highest BCUT2D eigenvalue weighted by Crippen LogP contribution is 2.22. The van der Waals surface area contributed by atoms with Crippen molar-refractivity contribution in [3.63, 3.8) is 0 Å². The molecule has 0 atom stereocenters. The molecule has 0 aliphatic rings. The maximum Gasteiger partial charge on any atom is 0.254 e. The van der Waals surface area contributed by atoms with E-state index < -0.39 is 0 Å². The third-order valence-electron chi connectivity index (χ3n) is 4.31. The maximum atomic E-state index is 13.2.